The number of nitrogens with one attached hydrogen (secondary N) is 1. The highest BCUT2D eigenvalue weighted by molar-refractivity contribution is 7.99. The number of hydrogen-bond acceptors (Lipinski definition) is 7. The zero-order valence-corrected chi connectivity index (χ0v) is 18.5. The second-order valence-corrected chi connectivity index (χ2v) is 8.59. The van der Waals surface area contributed by atoms with Gasteiger partial charge in [-0.3, -0.25) is 14.9 Å². The lowest BCUT2D eigenvalue weighted by Gasteiger charge is -2.08. The molecule has 10 heteroatoms. The summed E-state index contributed by atoms with van der Waals surface area (Å²) in [4.78, 5) is 24.0. The quantitative estimate of drug-likeness (QED) is 0.267. The maximum absolute atomic E-state index is 12.3. The van der Waals surface area contributed by atoms with Crippen molar-refractivity contribution < 1.29 is 9.72 Å². The van der Waals surface area contributed by atoms with Crippen molar-refractivity contribution in [2.75, 3.05) is 11.1 Å². The van der Waals surface area contributed by atoms with Crippen molar-refractivity contribution in [2.24, 2.45) is 0 Å². The summed E-state index contributed by atoms with van der Waals surface area (Å²) >= 11 is 3.03. The van der Waals surface area contributed by atoms with E-state index in [9.17, 15) is 14.9 Å². The summed E-state index contributed by atoms with van der Waals surface area (Å²) in [7, 11) is 0. The summed E-state index contributed by atoms with van der Waals surface area (Å²) in [5.74, 6) is 0.695. The third-order valence-electron chi connectivity index (χ3n) is 4.25. The van der Waals surface area contributed by atoms with E-state index in [-0.39, 0.29) is 17.3 Å². The molecule has 0 aliphatic heterocycles. The van der Waals surface area contributed by atoms with Crippen LogP contribution >= 0.6 is 23.1 Å². The van der Waals surface area contributed by atoms with E-state index in [1.807, 2.05) is 4.57 Å². The molecule has 30 heavy (non-hydrogen) atoms. The molecule has 3 rings (SSSR count). The van der Waals surface area contributed by atoms with Crippen LogP contribution in [0.4, 0.5) is 11.4 Å². The lowest BCUT2D eigenvalue weighted by Crippen LogP contribution is -2.14. The Morgan fingerprint density at radius 3 is 2.83 bits per heavy atom. The number of nitro benzene ring substituents is 1. The second kappa shape index (κ2) is 10.4. The lowest BCUT2D eigenvalue weighted by molar-refractivity contribution is -0.384. The predicted molar refractivity (Wildman–Crippen MR) is 120 cm³/mol. The fourth-order valence-corrected chi connectivity index (χ4v) is 4.67. The minimum Gasteiger partial charge on any atom is -0.325 e. The molecule has 2 heterocycles. The van der Waals surface area contributed by atoms with Crippen molar-refractivity contribution in [1.82, 2.24) is 14.8 Å². The van der Waals surface area contributed by atoms with Crippen molar-refractivity contribution in [1.29, 1.82) is 0 Å². The Kier molecular flexibility index (Phi) is 7.58. The molecule has 1 N–H and O–H groups in total. The summed E-state index contributed by atoms with van der Waals surface area (Å²) in [6.07, 6.45) is 3.07. The zero-order valence-electron chi connectivity index (χ0n) is 16.8. The molecule has 0 aliphatic carbocycles. The number of hydrogen-bond donors (Lipinski definition) is 1. The Balaban J connectivity index is 1.68. The molecule has 1 aromatic carbocycles. The standard InChI is InChI=1S/C20H23N5O3S2/c1-3-6-17-10-14(12-29-17)19-22-23-20(24(19)9-4-2)30-13-18(26)21-15-7-5-8-16(11-15)25(27)28/h5,7-8,10-12H,3-4,6,9,13H2,1-2H3,(H,21,26). The predicted octanol–water partition coefficient (Wildman–Crippen LogP) is 5.01. The normalized spacial score (nSPS) is 10.9. The molecule has 0 saturated carbocycles. The van der Waals surface area contributed by atoms with E-state index in [2.05, 4.69) is 40.8 Å². The Hall–Kier alpha value is -2.72. The van der Waals surface area contributed by atoms with Crippen molar-refractivity contribution in [3.05, 3.63) is 50.7 Å². The number of carbonyl (C=O) groups excluding carboxylic acids is 1. The molecule has 158 valence electrons. The number of thioether (sulfide) groups is 1. The average Bonchev–Trinajstić information content (AvgIpc) is 3.34. The molecule has 3 aromatic rings. The second-order valence-electron chi connectivity index (χ2n) is 6.65. The van der Waals surface area contributed by atoms with E-state index in [1.165, 1.54) is 28.8 Å². The molecule has 0 aliphatic rings. The highest BCUT2D eigenvalue weighted by Gasteiger charge is 2.17. The zero-order chi connectivity index (χ0) is 21.5. The van der Waals surface area contributed by atoms with Crippen molar-refractivity contribution in [2.45, 2.75) is 44.8 Å². The molecule has 0 saturated heterocycles. The van der Waals surface area contributed by atoms with Crippen LogP contribution in [0.3, 0.4) is 0 Å². The molecular formula is C20H23N5O3S2. The van der Waals surface area contributed by atoms with Gasteiger partial charge in [-0.15, -0.1) is 21.5 Å². The van der Waals surface area contributed by atoms with Crippen LogP contribution in [0.25, 0.3) is 11.4 Å². The van der Waals surface area contributed by atoms with Gasteiger partial charge in [-0.25, -0.2) is 0 Å². The van der Waals surface area contributed by atoms with Gasteiger partial charge in [0.2, 0.25) is 5.91 Å². The van der Waals surface area contributed by atoms with Crippen LogP contribution < -0.4 is 5.32 Å². The SMILES string of the molecule is CCCc1cc(-c2nnc(SCC(=O)Nc3cccc([N+](=O)[O-])c3)n2CCC)cs1. The average molecular weight is 446 g/mol. The number of aryl methyl sites for hydroxylation is 1. The summed E-state index contributed by atoms with van der Waals surface area (Å²) in [6.45, 7) is 5.01. The van der Waals surface area contributed by atoms with Crippen LogP contribution in [0.15, 0.2) is 40.9 Å². The highest BCUT2D eigenvalue weighted by atomic mass is 32.2. The summed E-state index contributed by atoms with van der Waals surface area (Å²) in [5, 5.41) is 25.0. The molecule has 0 unspecified atom stereocenters. The van der Waals surface area contributed by atoms with Crippen LogP contribution in [-0.4, -0.2) is 31.3 Å². The van der Waals surface area contributed by atoms with E-state index in [1.54, 1.807) is 23.5 Å². The van der Waals surface area contributed by atoms with Gasteiger partial charge in [0, 0.05) is 40.2 Å². The lowest BCUT2D eigenvalue weighted by atomic mass is 10.2. The molecule has 2 aromatic heterocycles. The maximum atomic E-state index is 12.3. The van der Waals surface area contributed by atoms with Gasteiger partial charge in [0.05, 0.1) is 10.7 Å². The number of thiophene rings is 1. The number of benzene rings is 1. The molecule has 8 nitrogen and oxygen atoms in total. The number of nitro groups is 1. The van der Waals surface area contributed by atoms with Crippen molar-refractivity contribution in [3.63, 3.8) is 0 Å². The number of nitrogens with zero attached hydrogens (tertiary/aromatic N) is 4. The largest absolute Gasteiger partial charge is 0.325 e. The number of aromatic nitrogens is 3. The minimum atomic E-state index is -0.491. The Morgan fingerprint density at radius 2 is 2.10 bits per heavy atom. The van der Waals surface area contributed by atoms with Gasteiger partial charge in [-0.1, -0.05) is 38.1 Å². The topological polar surface area (TPSA) is 103 Å². The van der Waals surface area contributed by atoms with E-state index in [0.29, 0.717) is 10.8 Å². The minimum absolute atomic E-state index is 0.0639. The van der Waals surface area contributed by atoms with E-state index < -0.39 is 4.92 Å². The first kappa shape index (κ1) is 22.0. The molecule has 0 atom stereocenters. The number of rotatable bonds is 10. The molecule has 0 bridgehead atoms. The van der Waals surface area contributed by atoms with Crippen LogP contribution in [0.1, 0.15) is 31.6 Å². The summed E-state index contributed by atoms with van der Waals surface area (Å²) in [6, 6.07) is 8.05. The third kappa shape index (κ3) is 5.45. The Bertz CT molecular complexity index is 1030. The Labute approximate surface area is 182 Å². The van der Waals surface area contributed by atoms with Gasteiger partial charge < -0.3 is 9.88 Å². The van der Waals surface area contributed by atoms with Crippen LogP contribution in [0.2, 0.25) is 0 Å². The summed E-state index contributed by atoms with van der Waals surface area (Å²) in [5.41, 5.74) is 1.38. The fourth-order valence-electron chi connectivity index (χ4n) is 2.93. The van der Waals surface area contributed by atoms with Gasteiger partial charge in [0.1, 0.15) is 0 Å². The number of amides is 1. The van der Waals surface area contributed by atoms with E-state index in [4.69, 9.17) is 0 Å². The molecular weight excluding hydrogens is 422 g/mol. The van der Waals surface area contributed by atoms with Crippen LogP contribution in [0, 0.1) is 10.1 Å². The molecule has 0 fully saturated rings. The number of carbonyl (C=O) groups is 1. The van der Waals surface area contributed by atoms with Gasteiger partial charge in [-0.05, 0) is 25.0 Å². The van der Waals surface area contributed by atoms with E-state index >= 15 is 0 Å². The molecule has 1 amide bonds. The molecule has 0 radical (unpaired) electrons. The van der Waals surface area contributed by atoms with Gasteiger partial charge >= 0.3 is 0 Å². The fraction of sp³-hybridized carbons (Fsp3) is 0.350. The van der Waals surface area contributed by atoms with Crippen molar-refractivity contribution in [3.8, 4) is 11.4 Å². The van der Waals surface area contributed by atoms with Gasteiger partial charge in [0.15, 0.2) is 11.0 Å². The monoisotopic (exact) mass is 445 g/mol. The first-order valence-electron chi connectivity index (χ1n) is 9.69. The number of anilines is 1. The van der Waals surface area contributed by atoms with Crippen molar-refractivity contribution >= 4 is 40.4 Å². The maximum Gasteiger partial charge on any atom is 0.271 e. The van der Waals surface area contributed by atoms with Gasteiger partial charge in [-0.2, -0.15) is 0 Å². The Morgan fingerprint density at radius 1 is 1.27 bits per heavy atom. The van der Waals surface area contributed by atoms with Crippen LogP contribution in [-0.2, 0) is 17.8 Å². The number of non-ortho nitro benzene ring substituents is 1. The van der Waals surface area contributed by atoms with Crippen LogP contribution in [0.5, 0.6) is 0 Å². The van der Waals surface area contributed by atoms with Gasteiger partial charge in [0.25, 0.3) is 5.69 Å². The first-order chi connectivity index (χ1) is 14.5. The third-order valence-corrected chi connectivity index (χ3v) is 6.21. The first-order valence-corrected chi connectivity index (χ1v) is 11.6. The smallest absolute Gasteiger partial charge is 0.271 e. The molecule has 0 spiro atoms. The summed E-state index contributed by atoms with van der Waals surface area (Å²) < 4.78 is 2.04. The highest BCUT2D eigenvalue weighted by Crippen LogP contribution is 2.29. The van der Waals surface area contributed by atoms with E-state index in [0.717, 1.165) is 37.2 Å².